The summed E-state index contributed by atoms with van der Waals surface area (Å²) in [6.45, 7) is 5.37. The minimum absolute atomic E-state index is 0.204. The summed E-state index contributed by atoms with van der Waals surface area (Å²) in [5.41, 5.74) is 0. The molecular weight excluding hydrogens is 363 g/mol. The molecule has 1 saturated heterocycles. The minimum Gasteiger partial charge on any atom is -0.356 e. The number of amides is 1. The predicted molar refractivity (Wildman–Crippen MR) is 111 cm³/mol. The summed E-state index contributed by atoms with van der Waals surface area (Å²) < 4.78 is 12.9. The molecule has 1 amide bonds. The number of rotatable bonds is 8. The van der Waals surface area contributed by atoms with Crippen LogP contribution in [-0.4, -0.2) is 55.7 Å². The van der Waals surface area contributed by atoms with Gasteiger partial charge in [0.1, 0.15) is 5.82 Å². The summed E-state index contributed by atoms with van der Waals surface area (Å²) in [7, 11) is 1.73. The van der Waals surface area contributed by atoms with Crippen molar-refractivity contribution >= 4 is 23.6 Å². The first-order valence-corrected chi connectivity index (χ1v) is 10.7. The Kier molecular flexibility index (Phi) is 9.45. The van der Waals surface area contributed by atoms with Gasteiger partial charge in [0.15, 0.2) is 5.96 Å². The molecule has 2 N–H and O–H groups in total. The maximum absolute atomic E-state index is 12.9. The van der Waals surface area contributed by atoms with Gasteiger partial charge in [-0.3, -0.25) is 9.79 Å². The molecule has 1 aromatic carbocycles. The molecule has 2 rings (SSSR count). The number of hydrogen-bond donors (Lipinski definition) is 2. The number of aliphatic imine (C=N–C) groups is 1. The van der Waals surface area contributed by atoms with Gasteiger partial charge < -0.3 is 15.5 Å². The fraction of sp³-hybridized carbons (Fsp3) is 0.600. The average molecular weight is 395 g/mol. The lowest BCUT2D eigenvalue weighted by molar-refractivity contribution is -0.132. The van der Waals surface area contributed by atoms with Crippen LogP contribution in [0.25, 0.3) is 0 Å². The van der Waals surface area contributed by atoms with Gasteiger partial charge in [0.25, 0.3) is 0 Å². The highest BCUT2D eigenvalue weighted by Crippen LogP contribution is 2.18. The van der Waals surface area contributed by atoms with E-state index in [2.05, 4.69) is 22.5 Å². The van der Waals surface area contributed by atoms with E-state index in [0.717, 1.165) is 49.1 Å². The highest BCUT2D eigenvalue weighted by Gasteiger charge is 2.20. The van der Waals surface area contributed by atoms with Crippen molar-refractivity contribution in [1.82, 2.24) is 15.5 Å². The molecule has 0 spiro atoms. The lowest BCUT2D eigenvalue weighted by Gasteiger charge is -2.31. The normalized spacial score (nSPS) is 17.7. The summed E-state index contributed by atoms with van der Waals surface area (Å²) in [6.07, 6.45) is 3.79. The van der Waals surface area contributed by atoms with E-state index in [4.69, 9.17) is 0 Å². The van der Waals surface area contributed by atoms with Gasteiger partial charge >= 0.3 is 0 Å². The molecule has 7 heteroatoms. The third-order valence-corrected chi connectivity index (χ3v) is 5.66. The van der Waals surface area contributed by atoms with E-state index in [1.165, 1.54) is 18.6 Å². The molecule has 1 heterocycles. The summed E-state index contributed by atoms with van der Waals surface area (Å²) >= 11 is 1.71. The topological polar surface area (TPSA) is 56.7 Å². The van der Waals surface area contributed by atoms with Crippen molar-refractivity contribution in [2.24, 2.45) is 10.9 Å². The summed E-state index contributed by atoms with van der Waals surface area (Å²) in [6, 6.07) is 6.57. The van der Waals surface area contributed by atoms with E-state index >= 15 is 0 Å². The lowest BCUT2D eigenvalue weighted by atomic mass is 10.00. The molecule has 0 bridgehead atoms. The number of piperidine rings is 1. The third-order valence-electron chi connectivity index (χ3n) is 4.56. The first kappa shape index (κ1) is 21.5. The third kappa shape index (κ3) is 8.20. The molecule has 0 saturated carbocycles. The molecule has 5 nitrogen and oxygen atoms in total. The highest BCUT2D eigenvalue weighted by molar-refractivity contribution is 7.99. The van der Waals surface area contributed by atoms with E-state index in [1.54, 1.807) is 30.9 Å². The Morgan fingerprint density at radius 1 is 1.30 bits per heavy atom. The number of carbonyl (C=O) groups excluding carboxylic acids is 1. The molecule has 1 aromatic rings. The molecule has 1 fully saturated rings. The Bertz CT molecular complexity index is 609. The van der Waals surface area contributed by atoms with Crippen LogP contribution < -0.4 is 10.6 Å². The number of hydrogen-bond acceptors (Lipinski definition) is 3. The Balaban J connectivity index is 1.56. The maximum atomic E-state index is 12.9. The van der Waals surface area contributed by atoms with Gasteiger partial charge in [-0.25, -0.2) is 4.39 Å². The molecule has 0 aromatic heterocycles. The quantitative estimate of drug-likeness (QED) is 0.308. The van der Waals surface area contributed by atoms with Crippen LogP contribution in [0.3, 0.4) is 0 Å². The van der Waals surface area contributed by atoms with Gasteiger partial charge in [0.2, 0.25) is 5.91 Å². The molecule has 150 valence electrons. The second kappa shape index (κ2) is 11.8. The second-order valence-corrected chi connectivity index (χ2v) is 8.09. The molecule has 27 heavy (non-hydrogen) atoms. The van der Waals surface area contributed by atoms with E-state index < -0.39 is 0 Å². The summed E-state index contributed by atoms with van der Waals surface area (Å²) in [5, 5.41) is 6.47. The number of halogens is 1. The number of guanidine groups is 1. The smallest absolute Gasteiger partial charge is 0.224 e. The average Bonchev–Trinajstić information content (AvgIpc) is 2.67. The zero-order valence-electron chi connectivity index (χ0n) is 16.3. The van der Waals surface area contributed by atoms with Crippen LogP contribution in [-0.2, 0) is 4.79 Å². The molecule has 0 aliphatic carbocycles. The van der Waals surface area contributed by atoms with Crippen molar-refractivity contribution in [3.05, 3.63) is 30.1 Å². The Labute approximate surface area is 166 Å². The molecule has 0 radical (unpaired) electrons. The van der Waals surface area contributed by atoms with Crippen LogP contribution in [0.1, 0.15) is 32.6 Å². The number of carbonyl (C=O) groups is 1. The van der Waals surface area contributed by atoms with Gasteiger partial charge in [-0.15, -0.1) is 11.8 Å². The van der Waals surface area contributed by atoms with E-state index in [-0.39, 0.29) is 11.7 Å². The summed E-state index contributed by atoms with van der Waals surface area (Å²) in [4.78, 5) is 19.5. The largest absolute Gasteiger partial charge is 0.356 e. The minimum atomic E-state index is -0.204. The molecule has 1 aliphatic heterocycles. The van der Waals surface area contributed by atoms with Crippen molar-refractivity contribution < 1.29 is 9.18 Å². The lowest BCUT2D eigenvalue weighted by Crippen LogP contribution is -2.42. The fourth-order valence-electron chi connectivity index (χ4n) is 3.08. The number of benzene rings is 1. The highest BCUT2D eigenvalue weighted by atomic mass is 32.2. The van der Waals surface area contributed by atoms with Crippen molar-refractivity contribution in [3.63, 3.8) is 0 Å². The molecule has 1 unspecified atom stereocenters. The van der Waals surface area contributed by atoms with Crippen molar-refractivity contribution in [2.45, 2.75) is 37.5 Å². The van der Waals surface area contributed by atoms with E-state index in [1.807, 2.05) is 4.90 Å². The Morgan fingerprint density at radius 2 is 2.04 bits per heavy atom. The van der Waals surface area contributed by atoms with Gasteiger partial charge in [0, 0.05) is 44.5 Å². The van der Waals surface area contributed by atoms with Crippen LogP contribution in [0, 0.1) is 11.7 Å². The number of nitrogens with zero attached hydrogens (tertiary/aromatic N) is 2. The fourth-order valence-corrected chi connectivity index (χ4v) is 3.94. The molecule has 1 aliphatic rings. The number of nitrogens with one attached hydrogen (secondary N) is 2. The Hall–Kier alpha value is -1.76. The van der Waals surface area contributed by atoms with Gasteiger partial charge in [-0.1, -0.05) is 6.92 Å². The van der Waals surface area contributed by atoms with Crippen LogP contribution in [0.15, 0.2) is 34.2 Å². The van der Waals surface area contributed by atoms with Crippen molar-refractivity contribution in [3.8, 4) is 0 Å². The first-order valence-electron chi connectivity index (χ1n) is 9.69. The standard InChI is InChI=1S/C20H31FN4OS/c1-16-5-3-13-25(15-16)19(26)10-12-24-20(22-2)23-11-4-14-27-18-8-6-17(21)7-9-18/h6-9,16H,3-5,10-15H2,1-2H3,(H2,22,23,24). The number of thioether (sulfide) groups is 1. The van der Waals surface area contributed by atoms with Gasteiger partial charge in [-0.2, -0.15) is 0 Å². The monoisotopic (exact) mass is 394 g/mol. The first-order chi connectivity index (χ1) is 13.1. The molecular formula is C20H31FN4OS. The second-order valence-electron chi connectivity index (χ2n) is 6.92. The van der Waals surface area contributed by atoms with E-state index in [0.29, 0.717) is 18.9 Å². The van der Waals surface area contributed by atoms with Crippen molar-refractivity contribution in [1.29, 1.82) is 0 Å². The zero-order valence-corrected chi connectivity index (χ0v) is 17.2. The maximum Gasteiger partial charge on any atom is 0.224 e. The van der Waals surface area contributed by atoms with Crippen LogP contribution in [0.4, 0.5) is 4.39 Å². The summed E-state index contributed by atoms with van der Waals surface area (Å²) in [5.74, 6) is 2.30. The Morgan fingerprint density at radius 3 is 2.74 bits per heavy atom. The van der Waals surface area contributed by atoms with Crippen molar-refractivity contribution in [2.75, 3.05) is 39.0 Å². The van der Waals surface area contributed by atoms with E-state index in [9.17, 15) is 9.18 Å². The zero-order chi connectivity index (χ0) is 19.5. The predicted octanol–water partition coefficient (Wildman–Crippen LogP) is 3.12. The molecule has 1 atom stereocenters. The van der Waals surface area contributed by atoms with Gasteiger partial charge in [-0.05, 0) is 55.2 Å². The van der Waals surface area contributed by atoms with Crippen LogP contribution >= 0.6 is 11.8 Å². The SMILES string of the molecule is CN=C(NCCCSc1ccc(F)cc1)NCCC(=O)N1CCCC(C)C1. The van der Waals surface area contributed by atoms with Gasteiger partial charge in [0.05, 0.1) is 0 Å². The number of likely N-dealkylation sites (tertiary alicyclic amines) is 1. The van der Waals surface area contributed by atoms with Crippen LogP contribution in [0.2, 0.25) is 0 Å². The van der Waals surface area contributed by atoms with Crippen LogP contribution in [0.5, 0.6) is 0 Å².